The van der Waals surface area contributed by atoms with E-state index in [2.05, 4.69) is 21.9 Å². The Labute approximate surface area is 187 Å². The third kappa shape index (κ3) is 4.42. The van der Waals surface area contributed by atoms with E-state index in [4.69, 9.17) is 32.9 Å². The molecule has 8 heteroatoms. The minimum absolute atomic E-state index is 0.117. The van der Waals surface area contributed by atoms with E-state index in [1.807, 2.05) is 18.2 Å². The fourth-order valence-corrected chi connectivity index (χ4v) is 4.58. The maximum atomic E-state index is 13.0. The van der Waals surface area contributed by atoms with Crippen molar-refractivity contribution in [3.05, 3.63) is 51.3 Å². The van der Waals surface area contributed by atoms with Crippen LogP contribution in [0.2, 0.25) is 0 Å². The number of nitrogens with zero attached hydrogens (tertiary/aromatic N) is 1. The van der Waals surface area contributed by atoms with Gasteiger partial charge in [-0.15, -0.1) is 6.42 Å². The van der Waals surface area contributed by atoms with Crippen LogP contribution in [0.5, 0.6) is 17.2 Å². The standard InChI is InChI=1S/C21H16BrNO4S2/c1-4-9-27-19-14(22)10-13(11-17(19)26-3)12-18-20(24)23(21(28)29-18)15-7-5-6-8-16(15)25-2/h1,5-8,10-12H,9H2,2-3H3/b18-12-. The quantitative estimate of drug-likeness (QED) is 0.327. The van der Waals surface area contributed by atoms with Crippen LogP contribution in [0, 0.1) is 12.3 Å². The molecule has 0 N–H and O–H groups in total. The summed E-state index contributed by atoms with van der Waals surface area (Å²) in [5.74, 6) is 3.78. The number of amides is 1. The van der Waals surface area contributed by atoms with Crippen LogP contribution in [0.4, 0.5) is 5.69 Å². The van der Waals surface area contributed by atoms with Gasteiger partial charge in [0, 0.05) is 0 Å². The van der Waals surface area contributed by atoms with Gasteiger partial charge in [-0.1, -0.05) is 42.0 Å². The van der Waals surface area contributed by atoms with Crippen molar-refractivity contribution in [3.8, 4) is 29.6 Å². The number of hydrogen-bond acceptors (Lipinski definition) is 6. The van der Waals surface area contributed by atoms with E-state index in [1.54, 1.807) is 31.4 Å². The molecule has 1 amide bonds. The zero-order valence-corrected chi connectivity index (χ0v) is 18.8. The van der Waals surface area contributed by atoms with Crippen molar-refractivity contribution in [2.45, 2.75) is 0 Å². The second kappa shape index (κ2) is 9.35. The van der Waals surface area contributed by atoms with E-state index < -0.39 is 0 Å². The van der Waals surface area contributed by atoms with Crippen molar-refractivity contribution < 1.29 is 19.0 Å². The second-order valence-corrected chi connectivity index (χ2v) is 8.25. The van der Waals surface area contributed by atoms with Crippen LogP contribution >= 0.6 is 39.9 Å². The zero-order valence-electron chi connectivity index (χ0n) is 15.6. The fraction of sp³-hybridized carbons (Fsp3) is 0.143. The predicted octanol–water partition coefficient (Wildman–Crippen LogP) is 4.88. The van der Waals surface area contributed by atoms with Gasteiger partial charge in [0.05, 0.1) is 29.3 Å². The van der Waals surface area contributed by atoms with Crippen LogP contribution in [0.3, 0.4) is 0 Å². The zero-order chi connectivity index (χ0) is 21.0. The summed E-state index contributed by atoms with van der Waals surface area (Å²) in [5.41, 5.74) is 1.36. The number of methoxy groups -OCH3 is 2. The number of benzene rings is 2. The molecule has 0 spiro atoms. The average molecular weight is 490 g/mol. The van der Waals surface area contributed by atoms with Gasteiger partial charge in [-0.25, -0.2) is 0 Å². The van der Waals surface area contributed by atoms with Gasteiger partial charge in [-0.05, 0) is 51.8 Å². The number of thioether (sulfide) groups is 1. The lowest BCUT2D eigenvalue weighted by Crippen LogP contribution is -2.27. The van der Waals surface area contributed by atoms with E-state index in [0.29, 0.717) is 36.6 Å². The summed E-state index contributed by atoms with van der Waals surface area (Å²) >= 11 is 10.1. The van der Waals surface area contributed by atoms with Crippen molar-refractivity contribution in [2.24, 2.45) is 0 Å². The van der Waals surface area contributed by atoms with E-state index >= 15 is 0 Å². The van der Waals surface area contributed by atoms with Crippen molar-refractivity contribution in [2.75, 3.05) is 25.7 Å². The highest BCUT2D eigenvalue weighted by molar-refractivity contribution is 9.10. The topological polar surface area (TPSA) is 48.0 Å². The number of hydrogen-bond donors (Lipinski definition) is 0. The lowest BCUT2D eigenvalue weighted by Gasteiger charge is -2.17. The Morgan fingerprint density at radius 3 is 2.66 bits per heavy atom. The van der Waals surface area contributed by atoms with Gasteiger partial charge in [0.15, 0.2) is 15.8 Å². The number of carbonyl (C=O) groups is 1. The average Bonchev–Trinajstić information content (AvgIpc) is 2.99. The summed E-state index contributed by atoms with van der Waals surface area (Å²) in [4.78, 5) is 15.0. The molecule has 3 rings (SSSR count). The highest BCUT2D eigenvalue weighted by Gasteiger charge is 2.34. The van der Waals surface area contributed by atoms with Crippen LogP contribution < -0.4 is 19.1 Å². The molecular formula is C21H16BrNO4S2. The monoisotopic (exact) mass is 489 g/mol. The second-order valence-electron chi connectivity index (χ2n) is 5.72. The number of para-hydroxylation sites is 2. The third-order valence-electron chi connectivity index (χ3n) is 3.97. The highest BCUT2D eigenvalue weighted by atomic mass is 79.9. The van der Waals surface area contributed by atoms with Crippen molar-refractivity contribution in [3.63, 3.8) is 0 Å². The maximum absolute atomic E-state index is 13.0. The molecule has 0 aromatic heterocycles. The van der Waals surface area contributed by atoms with Gasteiger partial charge < -0.3 is 14.2 Å². The Morgan fingerprint density at radius 1 is 1.24 bits per heavy atom. The van der Waals surface area contributed by atoms with Crippen LogP contribution in [0.1, 0.15) is 5.56 Å². The van der Waals surface area contributed by atoms with Crippen LogP contribution in [0.25, 0.3) is 6.08 Å². The molecule has 5 nitrogen and oxygen atoms in total. The molecule has 1 aliphatic rings. The Kier molecular flexibility index (Phi) is 6.85. The molecular weight excluding hydrogens is 474 g/mol. The molecule has 0 saturated carbocycles. The smallest absolute Gasteiger partial charge is 0.270 e. The first-order chi connectivity index (χ1) is 14.0. The molecule has 0 atom stereocenters. The molecule has 2 aromatic carbocycles. The van der Waals surface area contributed by atoms with Crippen molar-refractivity contribution >= 4 is 61.9 Å². The number of terminal acetylenes is 1. The minimum atomic E-state index is -0.216. The summed E-state index contributed by atoms with van der Waals surface area (Å²) in [6.45, 7) is 0.117. The van der Waals surface area contributed by atoms with Crippen LogP contribution in [-0.2, 0) is 4.79 Å². The van der Waals surface area contributed by atoms with E-state index in [-0.39, 0.29) is 12.5 Å². The highest BCUT2D eigenvalue weighted by Crippen LogP contribution is 2.41. The first-order valence-electron chi connectivity index (χ1n) is 8.35. The molecule has 2 aromatic rings. The molecule has 1 saturated heterocycles. The molecule has 0 unspecified atom stereocenters. The Bertz CT molecular complexity index is 1050. The molecule has 1 heterocycles. The predicted molar refractivity (Wildman–Crippen MR) is 124 cm³/mol. The SMILES string of the molecule is C#CCOc1c(Br)cc(/C=C2\SC(=S)N(c3ccccc3OC)C2=O)cc1OC. The van der Waals surface area contributed by atoms with Gasteiger partial charge in [0.2, 0.25) is 0 Å². The Morgan fingerprint density at radius 2 is 1.97 bits per heavy atom. The number of ether oxygens (including phenoxy) is 3. The largest absolute Gasteiger partial charge is 0.495 e. The van der Waals surface area contributed by atoms with Gasteiger partial charge in [-0.3, -0.25) is 9.69 Å². The Hall–Kier alpha value is -2.47. The summed E-state index contributed by atoms with van der Waals surface area (Å²) < 4.78 is 17.4. The summed E-state index contributed by atoms with van der Waals surface area (Å²) in [5, 5.41) is 0. The van der Waals surface area contributed by atoms with Gasteiger partial charge in [0.1, 0.15) is 12.4 Å². The number of thiocarbonyl (C=S) groups is 1. The molecule has 148 valence electrons. The summed E-state index contributed by atoms with van der Waals surface area (Å²) in [6, 6.07) is 10.8. The first-order valence-corrected chi connectivity index (χ1v) is 10.4. The van der Waals surface area contributed by atoms with Gasteiger partial charge >= 0.3 is 0 Å². The molecule has 1 aliphatic heterocycles. The molecule has 29 heavy (non-hydrogen) atoms. The number of rotatable bonds is 6. The van der Waals surface area contributed by atoms with E-state index in [9.17, 15) is 4.79 Å². The van der Waals surface area contributed by atoms with Crippen molar-refractivity contribution in [1.29, 1.82) is 0 Å². The van der Waals surface area contributed by atoms with E-state index in [0.717, 1.165) is 5.56 Å². The minimum Gasteiger partial charge on any atom is -0.495 e. The fourth-order valence-electron chi connectivity index (χ4n) is 2.72. The normalized spacial score (nSPS) is 14.8. The van der Waals surface area contributed by atoms with Crippen molar-refractivity contribution in [1.82, 2.24) is 0 Å². The van der Waals surface area contributed by atoms with Crippen LogP contribution in [-0.4, -0.2) is 31.1 Å². The lowest BCUT2D eigenvalue weighted by molar-refractivity contribution is -0.113. The summed E-state index contributed by atoms with van der Waals surface area (Å²) in [6.07, 6.45) is 7.02. The van der Waals surface area contributed by atoms with E-state index in [1.165, 1.54) is 23.8 Å². The summed E-state index contributed by atoms with van der Waals surface area (Å²) in [7, 11) is 3.09. The first kappa shape index (κ1) is 21.2. The van der Waals surface area contributed by atoms with Gasteiger partial charge in [-0.2, -0.15) is 0 Å². The maximum Gasteiger partial charge on any atom is 0.270 e. The van der Waals surface area contributed by atoms with Gasteiger partial charge in [0.25, 0.3) is 5.91 Å². The molecule has 0 bridgehead atoms. The van der Waals surface area contributed by atoms with Crippen LogP contribution in [0.15, 0.2) is 45.8 Å². The number of halogens is 1. The molecule has 0 aliphatic carbocycles. The third-order valence-corrected chi connectivity index (χ3v) is 5.86. The number of carbonyl (C=O) groups excluding carboxylic acids is 1. The number of anilines is 1. The lowest BCUT2D eigenvalue weighted by atomic mass is 10.1. The molecule has 1 fully saturated rings. The molecule has 0 radical (unpaired) electrons. The Balaban J connectivity index is 1.96.